The fourth-order valence-electron chi connectivity index (χ4n) is 1.64. The Balaban J connectivity index is 2.57. The lowest BCUT2D eigenvalue weighted by atomic mass is 10.1. The molecule has 0 fully saturated rings. The summed E-state index contributed by atoms with van der Waals surface area (Å²) in [4.78, 5) is 11.1. The van der Waals surface area contributed by atoms with Crippen LogP contribution in [0, 0.1) is 0 Å². The molecule has 0 radical (unpaired) electrons. The van der Waals surface area contributed by atoms with Gasteiger partial charge in [0.15, 0.2) is 0 Å². The smallest absolute Gasteiger partial charge is 0.137 e. The molecule has 3 nitrogen and oxygen atoms in total. The summed E-state index contributed by atoms with van der Waals surface area (Å²) in [5, 5.41) is 0.964. The predicted octanol–water partition coefficient (Wildman–Crippen LogP) is 2.57. The highest BCUT2D eigenvalue weighted by Crippen LogP contribution is 2.26. The third kappa shape index (κ3) is 1.86. The zero-order valence-corrected chi connectivity index (χ0v) is 8.74. The number of ketones is 1. The molecule has 0 saturated heterocycles. The molecule has 0 atom stereocenters. The first-order valence-electron chi connectivity index (χ1n) is 4.74. The maximum atomic E-state index is 11.1. The summed E-state index contributed by atoms with van der Waals surface area (Å²) in [5.41, 5.74) is 1.65. The van der Waals surface area contributed by atoms with Gasteiger partial charge < -0.3 is 9.15 Å². The van der Waals surface area contributed by atoms with Crippen LogP contribution in [-0.4, -0.2) is 12.9 Å². The van der Waals surface area contributed by atoms with E-state index in [-0.39, 0.29) is 5.78 Å². The minimum atomic E-state index is 0.112. The molecule has 0 aliphatic heterocycles. The molecule has 1 aromatic heterocycles. The fourth-order valence-corrected chi connectivity index (χ4v) is 1.64. The monoisotopic (exact) mass is 204 g/mol. The molecule has 1 aromatic carbocycles. The van der Waals surface area contributed by atoms with Crippen LogP contribution in [0.25, 0.3) is 11.0 Å². The summed E-state index contributed by atoms with van der Waals surface area (Å²) in [5.74, 6) is 0.862. The van der Waals surface area contributed by atoms with E-state index in [0.29, 0.717) is 6.42 Å². The molecule has 0 aliphatic rings. The van der Waals surface area contributed by atoms with Crippen molar-refractivity contribution in [2.24, 2.45) is 0 Å². The van der Waals surface area contributed by atoms with Gasteiger partial charge in [0.1, 0.15) is 17.1 Å². The number of furan rings is 1. The van der Waals surface area contributed by atoms with E-state index < -0.39 is 0 Å². The van der Waals surface area contributed by atoms with Crippen molar-refractivity contribution in [3.8, 4) is 5.75 Å². The Labute approximate surface area is 87.6 Å². The van der Waals surface area contributed by atoms with Gasteiger partial charge in [-0.1, -0.05) is 0 Å². The number of hydrogen-bond acceptors (Lipinski definition) is 3. The summed E-state index contributed by atoms with van der Waals surface area (Å²) in [6.07, 6.45) is 1.99. The van der Waals surface area contributed by atoms with E-state index in [1.165, 1.54) is 0 Å². The molecule has 3 heteroatoms. The van der Waals surface area contributed by atoms with E-state index in [9.17, 15) is 4.79 Å². The first-order valence-corrected chi connectivity index (χ1v) is 4.74. The molecule has 2 aromatic rings. The Morgan fingerprint density at radius 2 is 2.27 bits per heavy atom. The summed E-state index contributed by atoms with van der Waals surface area (Å²) in [6.45, 7) is 1.56. The summed E-state index contributed by atoms with van der Waals surface area (Å²) in [7, 11) is 1.61. The average molecular weight is 204 g/mol. The maximum absolute atomic E-state index is 11.1. The molecule has 0 N–H and O–H groups in total. The van der Waals surface area contributed by atoms with Crippen molar-refractivity contribution < 1.29 is 13.9 Å². The van der Waals surface area contributed by atoms with Crippen LogP contribution in [0.5, 0.6) is 5.75 Å². The number of Topliss-reactive ketones (excluding diaryl/α,β-unsaturated/α-hetero) is 1. The lowest BCUT2D eigenvalue weighted by Crippen LogP contribution is -1.97. The van der Waals surface area contributed by atoms with E-state index in [1.54, 1.807) is 20.3 Å². The lowest BCUT2D eigenvalue weighted by Gasteiger charge is -2.04. The Morgan fingerprint density at radius 1 is 1.47 bits per heavy atom. The summed E-state index contributed by atoms with van der Waals surface area (Å²) in [6, 6.07) is 5.59. The van der Waals surface area contributed by atoms with Gasteiger partial charge >= 0.3 is 0 Å². The van der Waals surface area contributed by atoms with Crippen molar-refractivity contribution >= 4 is 16.8 Å². The SMILES string of the molecule is COc1cc(CC(C)=O)c2occc2c1. The van der Waals surface area contributed by atoms with Gasteiger partial charge in [-0.25, -0.2) is 0 Å². The van der Waals surface area contributed by atoms with Crippen molar-refractivity contribution in [1.29, 1.82) is 0 Å². The fraction of sp³-hybridized carbons (Fsp3) is 0.250. The van der Waals surface area contributed by atoms with Crippen molar-refractivity contribution in [2.75, 3.05) is 7.11 Å². The number of ether oxygens (including phenoxy) is 1. The van der Waals surface area contributed by atoms with Crippen LogP contribution in [0.3, 0.4) is 0 Å². The van der Waals surface area contributed by atoms with Crippen LogP contribution in [0.4, 0.5) is 0 Å². The van der Waals surface area contributed by atoms with Crippen molar-refractivity contribution in [3.63, 3.8) is 0 Å². The van der Waals surface area contributed by atoms with Crippen LogP contribution in [0.1, 0.15) is 12.5 Å². The summed E-state index contributed by atoms with van der Waals surface area (Å²) < 4.78 is 10.5. The third-order valence-corrected chi connectivity index (χ3v) is 2.28. The van der Waals surface area contributed by atoms with Gasteiger partial charge in [-0.3, -0.25) is 4.79 Å². The van der Waals surface area contributed by atoms with E-state index in [0.717, 1.165) is 22.3 Å². The Morgan fingerprint density at radius 3 is 2.93 bits per heavy atom. The van der Waals surface area contributed by atoms with E-state index in [1.807, 2.05) is 18.2 Å². The first-order chi connectivity index (χ1) is 7.20. The summed E-state index contributed by atoms with van der Waals surface area (Å²) >= 11 is 0. The molecule has 1 heterocycles. The number of hydrogen-bond donors (Lipinski definition) is 0. The third-order valence-electron chi connectivity index (χ3n) is 2.28. The normalized spacial score (nSPS) is 10.5. The van der Waals surface area contributed by atoms with Crippen LogP contribution < -0.4 is 4.74 Å². The quantitative estimate of drug-likeness (QED) is 0.771. The van der Waals surface area contributed by atoms with Crippen molar-refractivity contribution in [1.82, 2.24) is 0 Å². The van der Waals surface area contributed by atoms with Gasteiger partial charge in [0.25, 0.3) is 0 Å². The van der Waals surface area contributed by atoms with Crippen LogP contribution in [0.15, 0.2) is 28.9 Å². The minimum Gasteiger partial charge on any atom is -0.497 e. The molecular formula is C12H12O3. The van der Waals surface area contributed by atoms with E-state index in [4.69, 9.17) is 9.15 Å². The molecule has 2 rings (SSSR count). The zero-order chi connectivity index (χ0) is 10.8. The van der Waals surface area contributed by atoms with Gasteiger partial charge in [0.05, 0.1) is 13.4 Å². The second-order valence-corrected chi connectivity index (χ2v) is 3.50. The van der Waals surface area contributed by atoms with Gasteiger partial charge in [0, 0.05) is 17.4 Å². The molecule has 0 saturated carbocycles. The van der Waals surface area contributed by atoms with E-state index >= 15 is 0 Å². The minimum absolute atomic E-state index is 0.112. The van der Waals surface area contributed by atoms with Crippen molar-refractivity contribution in [3.05, 3.63) is 30.0 Å². The highest BCUT2D eigenvalue weighted by Gasteiger charge is 2.09. The molecule has 0 aliphatic carbocycles. The standard InChI is InChI=1S/C12H12O3/c1-8(13)5-10-7-11(14-2)6-9-3-4-15-12(9)10/h3-4,6-7H,5H2,1-2H3. The second kappa shape index (κ2) is 3.77. The van der Waals surface area contributed by atoms with Crippen LogP contribution in [0.2, 0.25) is 0 Å². The number of fused-ring (bicyclic) bond motifs is 1. The number of rotatable bonds is 3. The molecular weight excluding hydrogens is 192 g/mol. The number of benzene rings is 1. The van der Waals surface area contributed by atoms with Gasteiger partial charge in [0.2, 0.25) is 0 Å². The lowest BCUT2D eigenvalue weighted by molar-refractivity contribution is -0.116. The Kier molecular flexibility index (Phi) is 2.46. The van der Waals surface area contributed by atoms with Gasteiger partial charge in [-0.15, -0.1) is 0 Å². The Hall–Kier alpha value is -1.77. The highest BCUT2D eigenvalue weighted by atomic mass is 16.5. The Bertz CT molecular complexity index is 497. The number of carbonyl (C=O) groups excluding carboxylic acids is 1. The molecule has 0 unspecified atom stereocenters. The van der Waals surface area contributed by atoms with Gasteiger partial charge in [-0.2, -0.15) is 0 Å². The maximum Gasteiger partial charge on any atom is 0.137 e. The topological polar surface area (TPSA) is 39.4 Å². The molecule has 0 amide bonds. The van der Waals surface area contributed by atoms with E-state index in [2.05, 4.69) is 0 Å². The largest absolute Gasteiger partial charge is 0.497 e. The number of carbonyl (C=O) groups is 1. The molecule has 78 valence electrons. The second-order valence-electron chi connectivity index (χ2n) is 3.50. The average Bonchev–Trinajstić information content (AvgIpc) is 2.64. The van der Waals surface area contributed by atoms with Gasteiger partial charge in [-0.05, 0) is 25.1 Å². The van der Waals surface area contributed by atoms with Crippen molar-refractivity contribution in [2.45, 2.75) is 13.3 Å². The van der Waals surface area contributed by atoms with Crippen LogP contribution >= 0.6 is 0 Å². The zero-order valence-electron chi connectivity index (χ0n) is 8.74. The molecule has 15 heavy (non-hydrogen) atoms. The molecule has 0 bridgehead atoms. The van der Waals surface area contributed by atoms with Crippen LogP contribution in [-0.2, 0) is 11.2 Å². The first kappa shape index (κ1) is 9.77. The predicted molar refractivity (Wildman–Crippen MR) is 57.2 cm³/mol. The molecule has 0 spiro atoms. The number of methoxy groups -OCH3 is 1. The highest BCUT2D eigenvalue weighted by molar-refractivity contribution is 5.87.